The molecule has 1 aliphatic carbocycles. The van der Waals surface area contributed by atoms with Gasteiger partial charge in [-0.2, -0.15) is 0 Å². The van der Waals surface area contributed by atoms with Crippen molar-refractivity contribution >= 4 is 16.8 Å². The highest BCUT2D eigenvalue weighted by Crippen LogP contribution is 2.27. The molecule has 0 atom stereocenters. The molecule has 1 aliphatic heterocycles. The number of H-pyrrole nitrogens is 1. The molecule has 1 amide bonds. The van der Waals surface area contributed by atoms with Gasteiger partial charge in [0.15, 0.2) is 0 Å². The third kappa shape index (κ3) is 2.56. The third-order valence-electron chi connectivity index (χ3n) is 4.58. The highest BCUT2D eigenvalue weighted by Gasteiger charge is 2.24. The van der Waals surface area contributed by atoms with Crippen LogP contribution in [0.1, 0.15) is 30.5 Å². The van der Waals surface area contributed by atoms with Crippen molar-refractivity contribution in [2.24, 2.45) is 0 Å². The monoisotopic (exact) mass is 283 g/mol. The van der Waals surface area contributed by atoms with Crippen LogP contribution in [0.15, 0.2) is 24.3 Å². The van der Waals surface area contributed by atoms with Crippen LogP contribution in [-0.2, 0) is 17.8 Å². The number of rotatable bonds is 4. The maximum Gasteiger partial charge on any atom is 0.224 e. The molecular weight excluding hydrogens is 262 g/mol. The number of aromatic nitrogens is 1. The number of nitrogens with zero attached hydrogens (tertiary/aromatic N) is 1. The Morgan fingerprint density at radius 2 is 2.19 bits per heavy atom. The summed E-state index contributed by atoms with van der Waals surface area (Å²) in [6, 6.07) is 9.06. The van der Waals surface area contributed by atoms with Gasteiger partial charge >= 0.3 is 0 Å². The minimum Gasteiger partial charge on any atom is -0.358 e. The Balaban J connectivity index is 1.46. The zero-order valence-corrected chi connectivity index (χ0v) is 12.2. The Bertz CT molecular complexity index is 672. The number of fused-ring (bicyclic) bond motifs is 3. The van der Waals surface area contributed by atoms with Gasteiger partial charge in [-0.15, -0.1) is 0 Å². The van der Waals surface area contributed by atoms with E-state index >= 15 is 0 Å². The van der Waals surface area contributed by atoms with Gasteiger partial charge in [-0.1, -0.05) is 18.2 Å². The lowest BCUT2D eigenvalue weighted by Gasteiger charge is -2.27. The van der Waals surface area contributed by atoms with E-state index in [2.05, 4.69) is 34.6 Å². The van der Waals surface area contributed by atoms with Gasteiger partial charge in [-0.25, -0.2) is 0 Å². The molecule has 4 heteroatoms. The first-order valence-electron chi connectivity index (χ1n) is 7.91. The molecular formula is C17H21N3O. The van der Waals surface area contributed by atoms with Crippen LogP contribution in [-0.4, -0.2) is 34.9 Å². The Morgan fingerprint density at radius 1 is 1.33 bits per heavy atom. The van der Waals surface area contributed by atoms with E-state index in [-0.39, 0.29) is 5.91 Å². The summed E-state index contributed by atoms with van der Waals surface area (Å²) in [6.07, 6.45) is 4.10. The second-order valence-electron chi connectivity index (χ2n) is 6.17. The summed E-state index contributed by atoms with van der Waals surface area (Å²) in [7, 11) is 0. The normalized spacial score (nSPS) is 18.0. The van der Waals surface area contributed by atoms with Gasteiger partial charge in [-0.05, 0) is 18.9 Å². The van der Waals surface area contributed by atoms with Crippen molar-refractivity contribution in [3.05, 3.63) is 35.5 Å². The quantitative estimate of drug-likeness (QED) is 0.903. The van der Waals surface area contributed by atoms with E-state index in [0.717, 1.165) is 26.1 Å². The fourth-order valence-electron chi connectivity index (χ4n) is 3.21. The van der Waals surface area contributed by atoms with Gasteiger partial charge in [0.1, 0.15) is 0 Å². The highest BCUT2D eigenvalue weighted by molar-refractivity contribution is 5.86. The van der Waals surface area contributed by atoms with Crippen molar-refractivity contribution in [3.63, 3.8) is 0 Å². The third-order valence-corrected chi connectivity index (χ3v) is 4.58. The van der Waals surface area contributed by atoms with Crippen molar-refractivity contribution < 1.29 is 4.79 Å². The largest absolute Gasteiger partial charge is 0.358 e. The van der Waals surface area contributed by atoms with Gasteiger partial charge in [0, 0.05) is 60.7 Å². The molecule has 0 radical (unpaired) electrons. The number of amides is 1. The lowest BCUT2D eigenvalue weighted by molar-refractivity contribution is -0.132. The first-order valence-corrected chi connectivity index (χ1v) is 7.91. The first kappa shape index (κ1) is 12.9. The van der Waals surface area contributed by atoms with Crippen LogP contribution in [0.3, 0.4) is 0 Å². The number of benzene rings is 1. The molecule has 0 bridgehead atoms. The zero-order valence-electron chi connectivity index (χ0n) is 12.2. The molecule has 2 aliphatic rings. The number of nitrogens with one attached hydrogen (secondary N) is 2. The SMILES string of the molecule is O=C(CCNC1CC1)N1CCc2[nH]c3ccccc3c2C1. The van der Waals surface area contributed by atoms with Gasteiger partial charge in [0.2, 0.25) is 5.91 Å². The summed E-state index contributed by atoms with van der Waals surface area (Å²) in [5.74, 6) is 0.277. The van der Waals surface area contributed by atoms with E-state index in [1.54, 1.807) is 0 Å². The minimum absolute atomic E-state index is 0.277. The van der Waals surface area contributed by atoms with Crippen LogP contribution < -0.4 is 5.32 Å². The summed E-state index contributed by atoms with van der Waals surface area (Å²) < 4.78 is 0. The molecule has 1 aromatic carbocycles. The second-order valence-corrected chi connectivity index (χ2v) is 6.17. The fourth-order valence-corrected chi connectivity index (χ4v) is 3.21. The smallest absolute Gasteiger partial charge is 0.224 e. The van der Waals surface area contributed by atoms with Gasteiger partial charge in [0.05, 0.1) is 0 Å². The van der Waals surface area contributed by atoms with Crippen LogP contribution in [0.5, 0.6) is 0 Å². The predicted octanol–water partition coefficient (Wildman–Crippen LogP) is 2.19. The second kappa shape index (κ2) is 5.19. The van der Waals surface area contributed by atoms with E-state index in [0.29, 0.717) is 12.5 Å². The lowest BCUT2D eigenvalue weighted by atomic mass is 10.0. The van der Waals surface area contributed by atoms with E-state index in [9.17, 15) is 4.79 Å². The maximum absolute atomic E-state index is 12.3. The van der Waals surface area contributed by atoms with Gasteiger partial charge < -0.3 is 15.2 Å². The van der Waals surface area contributed by atoms with Crippen LogP contribution in [0, 0.1) is 0 Å². The van der Waals surface area contributed by atoms with Gasteiger partial charge in [0.25, 0.3) is 0 Å². The fraction of sp³-hybridized carbons (Fsp3) is 0.471. The average molecular weight is 283 g/mol. The molecule has 1 aromatic heterocycles. The molecule has 0 saturated heterocycles. The molecule has 0 unspecified atom stereocenters. The van der Waals surface area contributed by atoms with Crippen molar-refractivity contribution in [1.82, 2.24) is 15.2 Å². The molecule has 1 fully saturated rings. The summed E-state index contributed by atoms with van der Waals surface area (Å²) in [5, 5.41) is 4.68. The van der Waals surface area contributed by atoms with E-state index in [1.807, 2.05) is 4.90 Å². The number of carbonyl (C=O) groups excluding carboxylic acids is 1. The number of hydrogen-bond donors (Lipinski definition) is 2. The molecule has 2 heterocycles. The molecule has 0 spiro atoms. The van der Waals surface area contributed by atoms with Crippen LogP contribution in [0.4, 0.5) is 0 Å². The molecule has 21 heavy (non-hydrogen) atoms. The molecule has 4 nitrogen and oxygen atoms in total. The Morgan fingerprint density at radius 3 is 3.05 bits per heavy atom. The summed E-state index contributed by atoms with van der Waals surface area (Å²) in [6.45, 7) is 2.41. The lowest BCUT2D eigenvalue weighted by Crippen LogP contribution is -2.37. The maximum atomic E-state index is 12.3. The van der Waals surface area contributed by atoms with Crippen molar-refractivity contribution in [1.29, 1.82) is 0 Å². The van der Waals surface area contributed by atoms with Crippen molar-refractivity contribution in [3.8, 4) is 0 Å². The average Bonchev–Trinajstić information content (AvgIpc) is 3.26. The number of aromatic amines is 1. The number of carbonyl (C=O) groups is 1. The first-order chi connectivity index (χ1) is 10.3. The highest BCUT2D eigenvalue weighted by atomic mass is 16.2. The minimum atomic E-state index is 0.277. The zero-order chi connectivity index (χ0) is 14.2. The topological polar surface area (TPSA) is 48.1 Å². The Labute approximate surface area is 124 Å². The Kier molecular flexibility index (Phi) is 3.19. The summed E-state index contributed by atoms with van der Waals surface area (Å²) in [4.78, 5) is 17.8. The summed E-state index contributed by atoms with van der Waals surface area (Å²) >= 11 is 0. The Hall–Kier alpha value is -1.81. The summed E-state index contributed by atoms with van der Waals surface area (Å²) in [5.41, 5.74) is 3.80. The van der Waals surface area contributed by atoms with E-state index in [1.165, 1.54) is 35.0 Å². The van der Waals surface area contributed by atoms with Gasteiger partial charge in [-0.3, -0.25) is 4.79 Å². The number of hydrogen-bond acceptors (Lipinski definition) is 2. The standard InChI is InChI=1S/C17H21N3O/c21-17(7-9-18-12-5-6-12)20-10-8-16-14(11-20)13-3-1-2-4-15(13)19-16/h1-4,12,18-19H,5-11H2. The van der Waals surface area contributed by atoms with E-state index in [4.69, 9.17) is 0 Å². The van der Waals surface area contributed by atoms with Crippen LogP contribution in [0.2, 0.25) is 0 Å². The van der Waals surface area contributed by atoms with Crippen molar-refractivity contribution in [2.45, 2.75) is 38.3 Å². The number of para-hydroxylation sites is 1. The molecule has 1 saturated carbocycles. The van der Waals surface area contributed by atoms with Crippen LogP contribution in [0.25, 0.3) is 10.9 Å². The predicted molar refractivity (Wildman–Crippen MR) is 83.1 cm³/mol. The molecule has 110 valence electrons. The van der Waals surface area contributed by atoms with Crippen LogP contribution >= 0.6 is 0 Å². The molecule has 4 rings (SSSR count). The van der Waals surface area contributed by atoms with E-state index < -0.39 is 0 Å². The molecule has 2 N–H and O–H groups in total. The molecule has 2 aromatic rings. The van der Waals surface area contributed by atoms with Crippen molar-refractivity contribution in [2.75, 3.05) is 13.1 Å².